The van der Waals surface area contributed by atoms with E-state index in [4.69, 9.17) is 0 Å². The topological polar surface area (TPSA) is 3.24 Å². The molecule has 14 rings (SSSR count). The fraction of sp³-hybridized carbons (Fsp3) is 0.172. The van der Waals surface area contributed by atoms with Crippen LogP contribution in [-0.2, 0) is 5.41 Å². The minimum Gasteiger partial charge on any atom is -0.310 e. The van der Waals surface area contributed by atoms with Crippen LogP contribution in [0.25, 0.3) is 64.7 Å². The smallest absolute Gasteiger partial charge is 0.0540 e. The van der Waals surface area contributed by atoms with Crippen LogP contribution in [0.2, 0.25) is 0 Å². The van der Waals surface area contributed by atoms with Crippen LogP contribution in [0.4, 0.5) is 17.1 Å². The second-order valence-electron chi connectivity index (χ2n) is 18.0. The molecular weight excluding hydrogens is 743 g/mol. The number of benzene rings is 8. The van der Waals surface area contributed by atoms with Crippen molar-refractivity contribution in [2.45, 2.75) is 37.5 Å². The number of hydrogen-bond donors (Lipinski definition) is 0. The zero-order chi connectivity index (χ0) is 39.4. The Morgan fingerprint density at radius 1 is 0.383 bits per heavy atom. The SMILES string of the molecule is c1ccc(-c2ccccc2-c2ccccc2-c2ccccc2N(c2ccc3c(c2)-c2ccccc2C32C3CC4CC(C3)CC2C4)c2ccc3sc4ccccc4c3c2)cc1. The first-order valence-electron chi connectivity index (χ1n) is 22.0. The van der Waals surface area contributed by atoms with Gasteiger partial charge in [-0.25, -0.2) is 0 Å². The molecule has 2 heteroatoms. The lowest BCUT2D eigenvalue weighted by Crippen LogP contribution is -2.55. The number of nitrogens with zero attached hydrogens (tertiary/aromatic N) is 1. The largest absolute Gasteiger partial charge is 0.310 e. The third-order valence-electron chi connectivity index (χ3n) is 15.1. The van der Waals surface area contributed by atoms with Crippen LogP contribution < -0.4 is 4.90 Å². The predicted octanol–water partition coefficient (Wildman–Crippen LogP) is 16.2. The minimum absolute atomic E-state index is 0.139. The molecular formula is C58H45NS. The van der Waals surface area contributed by atoms with E-state index in [9.17, 15) is 0 Å². The average Bonchev–Trinajstić information content (AvgIpc) is 3.82. The summed E-state index contributed by atoms with van der Waals surface area (Å²) >= 11 is 1.89. The van der Waals surface area contributed by atoms with Crippen LogP contribution in [0.15, 0.2) is 188 Å². The Bertz CT molecular complexity index is 3110. The molecule has 60 heavy (non-hydrogen) atoms. The van der Waals surface area contributed by atoms with Crippen molar-refractivity contribution in [1.82, 2.24) is 0 Å². The van der Waals surface area contributed by atoms with Gasteiger partial charge in [0.05, 0.1) is 5.69 Å². The van der Waals surface area contributed by atoms with Crippen molar-refractivity contribution in [2.24, 2.45) is 23.7 Å². The summed E-state index contributed by atoms with van der Waals surface area (Å²) in [6.07, 6.45) is 7.04. The van der Waals surface area contributed by atoms with Gasteiger partial charge in [-0.3, -0.25) is 0 Å². The van der Waals surface area contributed by atoms with Crippen LogP contribution in [0.3, 0.4) is 0 Å². The number of para-hydroxylation sites is 1. The Labute approximate surface area is 356 Å². The van der Waals surface area contributed by atoms with Gasteiger partial charge < -0.3 is 4.90 Å². The Kier molecular flexibility index (Phi) is 7.73. The van der Waals surface area contributed by atoms with E-state index in [2.05, 4.69) is 193 Å². The molecule has 0 unspecified atom stereocenters. The van der Waals surface area contributed by atoms with Crippen LogP contribution in [0.5, 0.6) is 0 Å². The molecule has 0 amide bonds. The summed E-state index contributed by atoms with van der Waals surface area (Å²) in [5.41, 5.74) is 17.2. The van der Waals surface area contributed by atoms with Gasteiger partial charge in [0.1, 0.15) is 0 Å². The van der Waals surface area contributed by atoms with E-state index in [0.717, 1.165) is 23.7 Å². The Morgan fingerprint density at radius 3 is 1.68 bits per heavy atom. The van der Waals surface area contributed by atoms with E-state index >= 15 is 0 Å². The molecule has 0 atom stereocenters. The number of anilines is 3. The fourth-order valence-electron chi connectivity index (χ4n) is 13.0. The molecule has 0 N–H and O–H groups in total. The zero-order valence-electron chi connectivity index (χ0n) is 33.6. The number of thiophene rings is 1. The summed E-state index contributed by atoms with van der Waals surface area (Å²) in [6, 6.07) is 71.0. The highest BCUT2D eigenvalue weighted by Gasteiger charge is 2.61. The standard InChI is InChI=1S/C58H45NS/c1-2-14-39(15-3-1)44-16-4-5-17-45(44)46-18-6-7-19-47(46)49-21-9-12-24-55(49)59(43-27-29-57-52(36-43)50-22-10-13-25-56(50)60-57)42-26-28-54-51(35-42)48-20-8-11-23-53(48)58(54)40-31-37-30-38(33-40)34-41(58)32-37/h1-29,35-38,40-41H,30-34H2. The highest BCUT2D eigenvalue weighted by atomic mass is 32.1. The number of fused-ring (bicyclic) bond motifs is 6. The highest BCUT2D eigenvalue weighted by Crippen LogP contribution is 2.69. The van der Waals surface area contributed by atoms with Crippen LogP contribution in [-0.4, -0.2) is 0 Å². The summed E-state index contributed by atoms with van der Waals surface area (Å²) in [6.45, 7) is 0. The maximum atomic E-state index is 2.57. The molecule has 1 nitrogen and oxygen atoms in total. The van der Waals surface area contributed by atoms with Crippen molar-refractivity contribution in [1.29, 1.82) is 0 Å². The molecule has 4 fully saturated rings. The molecule has 8 aromatic carbocycles. The second-order valence-corrected chi connectivity index (χ2v) is 19.1. The van der Waals surface area contributed by atoms with E-state index in [1.165, 1.54) is 114 Å². The monoisotopic (exact) mass is 787 g/mol. The van der Waals surface area contributed by atoms with Gasteiger partial charge in [0.15, 0.2) is 0 Å². The summed E-state index contributed by atoms with van der Waals surface area (Å²) in [7, 11) is 0. The summed E-state index contributed by atoms with van der Waals surface area (Å²) < 4.78 is 2.65. The number of hydrogen-bond acceptors (Lipinski definition) is 2. The lowest BCUT2D eigenvalue weighted by Gasteiger charge is -2.61. The molecule has 1 aromatic heterocycles. The first kappa shape index (κ1) is 34.6. The lowest BCUT2D eigenvalue weighted by molar-refractivity contribution is -0.0399. The van der Waals surface area contributed by atoms with Crippen molar-refractivity contribution in [3.8, 4) is 44.5 Å². The molecule has 0 aliphatic heterocycles. The van der Waals surface area contributed by atoms with Gasteiger partial charge >= 0.3 is 0 Å². The normalized spacial score (nSPS) is 22.1. The minimum atomic E-state index is 0.139. The lowest BCUT2D eigenvalue weighted by atomic mass is 9.43. The van der Waals surface area contributed by atoms with Gasteiger partial charge in [0, 0.05) is 42.5 Å². The van der Waals surface area contributed by atoms with Crippen molar-refractivity contribution < 1.29 is 0 Å². The molecule has 1 spiro atoms. The third-order valence-corrected chi connectivity index (χ3v) is 16.2. The Morgan fingerprint density at radius 2 is 0.917 bits per heavy atom. The quantitative estimate of drug-likeness (QED) is 0.162. The molecule has 4 saturated carbocycles. The molecule has 5 aliphatic rings. The predicted molar refractivity (Wildman–Crippen MR) is 254 cm³/mol. The fourth-order valence-corrected chi connectivity index (χ4v) is 14.1. The summed E-state index contributed by atoms with van der Waals surface area (Å²) in [4.78, 5) is 2.56. The maximum Gasteiger partial charge on any atom is 0.0540 e. The van der Waals surface area contributed by atoms with Gasteiger partial charge in [0.2, 0.25) is 0 Å². The molecule has 4 bridgehead atoms. The molecule has 1 heterocycles. The van der Waals surface area contributed by atoms with Crippen LogP contribution in [0, 0.1) is 23.7 Å². The van der Waals surface area contributed by atoms with Gasteiger partial charge in [-0.05, 0) is 148 Å². The highest BCUT2D eigenvalue weighted by molar-refractivity contribution is 7.25. The van der Waals surface area contributed by atoms with E-state index < -0.39 is 0 Å². The van der Waals surface area contributed by atoms with Gasteiger partial charge in [0.25, 0.3) is 0 Å². The van der Waals surface area contributed by atoms with Gasteiger partial charge in [-0.15, -0.1) is 11.3 Å². The van der Waals surface area contributed by atoms with Gasteiger partial charge in [-0.2, -0.15) is 0 Å². The first-order valence-corrected chi connectivity index (χ1v) is 22.8. The average molecular weight is 788 g/mol. The van der Waals surface area contributed by atoms with E-state index in [-0.39, 0.29) is 5.41 Å². The van der Waals surface area contributed by atoms with E-state index in [0.29, 0.717) is 0 Å². The molecule has 5 aliphatic carbocycles. The van der Waals surface area contributed by atoms with E-state index in [1.807, 2.05) is 11.3 Å². The molecule has 0 saturated heterocycles. The Hall–Kier alpha value is -6.22. The third kappa shape index (κ3) is 5.04. The first-order chi connectivity index (χ1) is 29.7. The molecule has 0 radical (unpaired) electrons. The second kappa shape index (κ2) is 13.4. The summed E-state index contributed by atoms with van der Waals surface area (Å²) in [5.74, 6) is 3.32. The zero-order valence-corrected chi connectivity index (χ0v) is 34.4. The van der Waals surface area contributed by atoms with E-state index in [1.54, 1.807) is 11.1 Å². The molecule has 288 valence electrons. The van der Waals surface area contributed by atoms with Gasteiger partial charge in [-0.1, -0.05) is 146 Å². The van der Waals surface area contributed by atoms with Crippen molar-refractivity contribution >= 4 is 48.6 Å². The number of rotatable bonds is 6. The van der Waals surface area contributed by atoms with Crippen molar-refractivity contribution in [3.63, 3.8) is 0 Å². The van der Waals surface area contributed by atoms with Crippen LogP contribution >= 0.6 is 11.3 Å². The summed E-state index contributed by atoms with van der Waals surface area (Å²) in [5, 5.41) is 2.63. The van der Waals surface area contributed by atoms with Crippen LogP contribution in [0.1, 0.15) is 43.2 Å². The van der Waals surface area contributed by atoms with Crippen molar-refractivity contribution in [3.05, 3.63) is 199 Å². The van der Waals surface area contributed by atoms with Crippen molar-refractivity contribution in [2.75, 3.05) is 4.90 Å². The Balaban J connectivity index is 1.04. The molecule has 9 aromatic rings. The maximum absolute atomic E-state index is 2.57.